The summed E-state index contributed by atoms with van der Waals surface area (Å²) in [6.07, 6.45) is 8.31. The number of aliphatic hydroxyl groups is 1. The van der Waals surface area contributed by atoms with E-state index in [9.17, 15) is 5.11 Å². The molecule has 1 N–H and O–H groups in total. The highest BCUT2D eigenvalue weighted by Gasteiger charge is 2.62. The highest BCUT2D eigenvalue weighted by Crippen LogP contribution is 2.65. The van der Waals surface area contributed by atoms with Gasteiger partial charge in [-0.25, -0.2) is 0 Å². The second-order valence-electron chi connectivity index (χ2n) is 9.67. The summed E-state index contributed by atoms with van der Waals surface area (Å²) in [7, 11) is 0. The van der Waals surface area contributed by atoms with Gasteiger partial charge in [0.25, 0.3) is 0 Å². The summed E-state index contributed by atoms with van der Waals surface area (Å²) in [5.41, 5.74) is 0.167. The molecule has 2 aliphatic carbocycles. The quantitative estimate of drug-likeness (QED) is 0.711. The minimum Gasteiger partial charge on any atom is -0.393 e. The van der Waals surface area contributed by atoms with Crippen LogP contribution in [0.2, 0.25) is 0 Å². The van der Waals surface area contributed by atoms with Crippen molar-refractivity contribution in [1.29, 1.82) is 0 Å². The molecule has 1 saturated heterocycles. The highest BCUT2D eigenvalue weighted by atomic mass is 16.5. The van der Waals surface area contributed by atoms with Crippen molar-refractivity contribution in [3.63, 3.8) is 0 Å². The Morgan fingerprint density at radius 1 is 1.00 bits per heavy atom. The Hall–Kier alpha value is -0.340. The normalized spacial score (nSPS) is 54.2. The fourth-order valence-corrected chi connectivity index (χ4v) is 6.69. The van der Waals surface area contributed by atoms with Crippen molar-refractivity contribution in [2.75, 3.05) is 0 Å². The van der Waals surface area contributed by atoms with E-state index in [-0.39, 0.29) is 28.1 Å². The third-order valence-electron chi connectivity index (χ3n) is 7.47. The van der Waals surface area contributed by atoms with Gasteiger partial charge in [0.15, 0.2) is 0 Å². The number of hydrogen-bond acceptors (Lipinski definition) is 2. The van der Waals surface area contributed by atoms with Crippen LogP contribution in [0.25, 0.3) is 0 Å². The van der Waals surface area contributed by atoms with Gasteiger partial charge in [0.1, 0.15) is 0 Å². The summed E-state index contributed by atoms with van der Waals surface area (Å²) in [6, 6.07) is 0. The van der Waals surface area contributed by atoms with Crippen LogP contribution in [0.3, 0.4) is 0 Å². The molecule has 126 valence electrons. The second-order valence-corrected chi connectivity index (χ2v) is 9.67. The molecule has 3 aliphatic rings. The van der Waals surface area contributed by atoms with E-state index in [1.54, 1.807) is 0 Å². The van der Waals surface area contributed by atoms with Gasteiger partial charge in [-0.05, 0) is 75.0 Å². The zero-order valence-corrected chi connectivity index (χ0v) is 15.1. The summed E-state index contributed by atoms with van der Waals surface area (Å²) in [5.74, 6) is 1.24. The number of aliphatic hydroxyl groups excluding tert-OH is 1. The third-order valence-corrected chi connectivity index (χ3v) is 7.47. The third kappa shape index (κ3) is 2.29. The predicted molar refractivity (Wildman–Crippen MR) is 90.7 cm³/mol. The fourth-order valence-electron chi connectivity index (χ4n) is 6.69. The molecule has 0 radical (unpaired) electrons. The van der Waals surface area contributed by atoms with Crippen LogP contribution in [-0.4, -0.2) is 22.4 Å². The summed E-state index contributed by atoms with van der Waals surface area (Å²) in [4.78, 5) is 0. The molecular formula is C20H34O2. The standard InChI is InChI=1S/C20H34O2/c1-7-18(4)10-8-16-19(5)13-14(21)12-17(2,3)15(19)9-11-20(16,6)22-18/h7,14-16,21H,1,8-13H2,2-6H3/t14-,15+,16+,18-,19-,20+/m0/s1. The van der Waals surface area contributed by atoms with E-state index in [1.807, 2.05) is 6.08 Å². The van der Waals surface area contributed by atoms with Gasteiger partial charge in [-0.1, -0.05) is 26.8 Å². The minimum atomic E-state index is -0.183. The molecule has 0 unspecified atom stereocenters. The van der Waals surface area contributed by atoms with Crippen LogP contribution in [0.1, 0.15) is 73.1 Å². The number of hydrogen-bond donors (Lipinski definition) is 1. The van der Waals surface area contributed by atoms with Gasteiger partial charge in [-0.15, -0.1) is 6.58 Å². The van der Waals surface area contributed by atoms with Crippen LogP contribution in [0.15, 0.2) is 12.7 Å². The lowest BCUT2D eigenvalue weighted by Gasteiger charge is -2.65. The topological polar surface area (TPSA) is 29.5 Å². The van der Waals surface area contributed by atoms with Gasteiger partial charge < -0.3 is 9.84 Å². The molecule has 3 fully saturated rings. The van der Waals surface area contributed by atoms with Crippen molar-refractivity contribution < 1.29 is 9.84 Å². The molecule has 0 aromatic heterocycles. The maximum absolute atomic E-state index is 10.5. The molecule has 0 aromatic rings. The lowest BCUT2D eigenvalue weighted by atomic mass is 9.44. The average molecular weight is 306 g/mol. The van der Waals surface area contributed by atoms with Crippen LogP contribution in [0.4, 0.5) is 0 Å². The molecule has 2 heteroatoms. The van der Waals surface area contributed by atoms with Gasteiger partial charge in [0, 0.05) is 0 Å². The fraction of sp³-hybridized carbons (Fsp3) is 0.900. The van der Waals surface area contributed by atoms with Crippen LogP contribution >= 0.6 is 0 Å². The molecule has 1 heterocycles. The van der Waals surface area contributed by atoms with Gasteiger partial charge in [-0.3, -0.25) is 0 Å². The molecule has 2 saturated carbocycles. The van der Waals surface area contributed by atoms with Crippen molar-refractivity contribution in [2.24, 2.45) is 22.7 Å². The zero-order valence-electron chi connectivity index (χ0n) is 15.1. The molecular weight excluding hydrogens is 272 g/mol. The summed E-state index contributed by atoms with van der Waals surface area (Å²) >= 11 is 0. The van der Waals surface area contributed by atoms with Crippen molar-refractivity contribution in [1.82, 2.24) is 0 Å². The average Bonchev–Trinajstić information content (AvgIpc) is 2.35. The summed E-state index contributed by atoms with van der Waals surface area (Å²) in [5, 5.41) is 10.5. The van der Waals surface area contributed by atoms with Crippen LogP contribution in [0, 0.1) is 22.7 Å². The van der Waals surface area contributed by atoms with E-state index in [0.29, 0.717) is 11.8 Å². The van der Waals surface area contributed by atoms with E-state index in [1.165, 1.54) is 12.8 Å². The van der Waals surface area contributed by atoms with Crippen molar-refractivity contribution in [3.05, 3.63) is 12.7 Å². The maximum atomic E-state index is 10.5. The Morgan fingerprint density at radius 2 is 1.64 bits per heavy atom. The Morgan fingerprint density at radius 3 is 2.27 bits per heavy atom. The summed E-state index contributed by atoms with van der Waals surface area (Å²) in [6.45, 7) is 15.6. The van der Waals surface area contributed by atoms with Crippen molar-refractivity contribution >= 4 is 0 Å². The first-order valence-corrected chi connectivity index (χ1v) is 9.07. The Labute approximate surface area is 136 Å². The summed E-state index contributed by atoms with van der Waals surface area (Å²) < 4.78 is 6.63. The molecule has 2 nitrogen and oxygen atoms in total. The van der Waals surface area contributed by atoms with E-state index < -0.39 is 0 Å². The van der Waals surface area contributed by atoms with Gasteiger partial charge in [0.2, 0.25) is 0 Å². The number of ether oxygens (including phenoxy) is 1. The minimum absolute atomic E-state index is 0.0699. The Bertz CT molecular complexity index is 470. The van der Waals surface area contributed by atoms with E-state index in [2.05, 4.69) is 41.2 Å². The zero-order chi connectivity index (χ0) is 16.4. The first kappa shape index (κ1) is 16.5. The van der Waals surface area contributed by atoms with Crippen LogP contribution < -0.4 is 0 Å². The first-order chi connectivity index (χ1) is 10.0. The van der Waals surface area contributed by atoms with E-state index in [4.69, 9.17) is 4.74 Å². The largest absolute Gasteiger partial charge is 0.393 e. The highest BCUT2D eigenvalue weighted by molar-refractivity contribution is 5.13. The molecule has 1 aliphatic heterocycles. The van der Waals surface area contributed by atoms with Crippen LogP contribution in [0.5, 0.6) is 0 Å². The molecule has 22 heavy (non-hydrogen) atoms. The Balaban J connectivity index is 1.97. The van der Waals surface area contributed by atoms with Gasteiger partial charge >= 0.3 is 0 Å². The molecule has 0 amide bonds. The second kappa shape index (κ2) is 4.83. The number of fused-ring (bicyclic) bond motifs is 3. The van der Waals surface area contributed by atoms with Gasteiger partial charge in [0.05, 0.1) is 17.3 Å². The molecule has 3 rings (SSSR count). The SMILES string of the molecule is C=C[C@@]1(C)CC[C@@H]2[C@@]3(C)C[C@@H](O)CC(C)(C)[C@H]3CC[C@@]2(C)O1. The van der Waals surface area contributed by atoms with E-state index in [0.717, 1.165) is 25.7 Å². The van der Waals surface area contributed by atoms with E-state index >= 15 is 0 Å². The maximum Gasteiger partial charge on any atom is 0.0839 e. The monoisotopic (exact) mass is 306 g/mol. The lowest BCUT2D eigenvalue weighted by molar-refractivity contribution is -0.260. The van der Waals surface area contributed by atoms with Crippen molar-refractivity contribution in [2.45, 2.75) is 90.4 Å². The Kier molecular flexibility index (Phi) is 3.63. The molecule has 0 aromatic carbocycles. The molecule has 6 atom stereocenters. The molecule has 0 spiro atoms. The van der Waals surface area contributed by atoms with Crippen molar-refractivity contribution in [3.8, 4) is 0 Å². The number of rotatable bonds is 1. The molecule has 0 bridgehead atoms. The van der Waals surface area contributed by atoms with Crippen LogP contribution in [-0.2, 0) is 4.74 Å². The lowest BCUT2D eigenvalue weighted by Crippen LogP contribution is -2.63. The predicted octanol–water partition coefficient (Wildman–Crippen LogP) is 4.71. The smallest absolute Gasteiger partial charge is 0.0839 e. The first-order valence-electron chi connectivity index (χ1n) is 9.07. The van der Waals surface area contributed by atoms with Gasteiger partial charge in [-0.2, -0.15) is 0 Å².